The minimum atomic E-state index is -0.443. The van der Waals surface area contributed by atoms with Gasteiger partial charge in [-0.15, -0.1) is 0 Å². The number of aliphatic hydroxyl groups is 1. The fraction of sp³-hybridized carbons (Fsp3) is 0.188. The first-order valence-corrected chi connectivity index (χ1v) is 6.16. The first-order valence-electron chi connectivity index (χ1n) is 6.16. The molecular formula is C16H16O4. The van der Waals surface area contributed by atoms with Gasteiger partial charge in [0.15, 0.2) is 0 Å². The molecule has 0 atom stereocenters. The van der Waals surface area contributed by atoms with Crippen molar-refractivity contribution in [2.75, 3.05) is 14.2 Å². The van der Waals surface area contributed by atoms with E-state index in [4.69, 9.17) is 9.47 Å². The minimum Gasteiger partial charge on any atom is -0.495 e. The molecule has 0 bridgehead atoms. The molecule has 2 rings (SSSR count). The second-order valence-electron chi connectivity index (χ2n) is 4.24. The van der Waals surface area contributed by atoms with Gasteiger partial charge in [0.25, 0.3) is 0 Å². The number of rotatable bonds is 4. The summed E-state index contributed by atoms with van der Waals surface area (Å²) in [6, 6.07) is 12.7. The average molecular weight is 272 g/mol. The zero-order chi connectivity index (χ0) is 14.5. The number of para-hydroxylation sites is 1. The van der Waals surface area contributed by atoms with E-state index >= 15 is 0 Å². The summed E-state index contributed by atoms with van der Waals surface area (Å²) in [7, 11) is 2.85. The Labute approximate surface area is 117 Å². The summed E-state index contributed by atoms with van der Waals surface area (Å²) in [5.41, 5.74) is 2.83. The number of hydrogen-bond acceptors (Lipinski definition) is 4. The fourth-order valence-corrected chi connectivity index (χ4v) is 2.09. The molecule has 0 spiro atoms. The Kier molecular flexibility index (Phi) is 4.38. The molecule has 4 nitrogen and oxygen atoms in total. The molecule has 0 unspecified atom stereocenters. The Hall–Kier alpha value is -2.33. The SMILES string of the molecule is COC(=O)c1cccc(-c2cccc(CO)c2)c1OC. The Bertz CT molecular complexity index is 620. The molecule has 0 amide bonds. The quantitative estimate of drug-likeness (QED) is 0.869. The number of ether oxygens (including phenoxy) is 2. The number of esters is 1. The highest BCUT2D eigenvalue weighted by molar-refractivity contribution is 5.95. The van der Waals surface area contributed by atoms with E-state index in [1.807, 2.05) is 30.3 Å². The van der Waals surface area contributed by atoms with Crippen LogP contribution in [0.25, 0.3) is 11.1 Å². The van der Waals surface area contributed by atoms with E-state index < -0.39 is 5.97 Å². The van der Waals surface area contributed by atoms with Crippen LogP contribution >= 0.6 is 0 Å². The van der Waals surface area contributed by atoms with Crippen LogP contribution in [-0.2, 0) is 11.3 Å². The van der Waals surface area contributed by atoms with Crippen molar-refractivity contribution in [3.05, 3.63) is 53.6 Å². The number of aliphatic hydroxyl groups excluding tert-OH is 1. The predicted molar refractivity (Wildman–Crippen MR) is 75.7 cm³/mol. The molecule has 0 aliphatic rings. The highest BCUT2D eigenvalue weighted by Crippen LogP contribution is 2.33. The highest BCUT2D eigenvalue weighted by atomic mass is 16.5. The van der Waals surface area contributed by atoms with Gasteiger partial charge in [-0.1, -0.05) is 30.3 Å². The molecule has 0 fully saturated rings. The molecule has 1 N–H and O–H groups in total. The lowest BCUT2D eigenvalue weighted by molar-refractivity contribution is 0.0597. The maximum absolute atomic E-state index is 11.8. The van der Waals surface area contributed by atoms with E-state index in [1.165, 1.54) is 14.2 Å². The maximum atomic E-state index is 11.8. The van der Waals surface area contributed by atoms with Gasteiger partial charge in [-0.3, -0.25) is 0 Å². The van der Waals surface area contributed by atoms with Crippen molar-refractivity contribution in [2.45, 2.75) is 6.61 Å². The Morgan fingerprint density at radius 1 is 1.15 bits per heavy atom. The molecule has 104 valence electrons. The predicted octanol–water partition coefficient (Wildman–Crippen LogP) is 2.64. The topological polar surface area (TPSA) is 55.8 Å². The van der Waals surface area contributed by atoms with Crippen molar-refractivity contribution in [2.24, 2.45) is 0 Å². The summed E-state index contributed by atoms with van der Waals surface area (Å²) in [6.07, 6.45) is 0. The van der Waals surface area contributed by atoms with Gasteiger partial charge in [-0.2, -0.15) is 0 Å². The first kappa shape index (κ1) is 14.1. The molecule has 4 heteroatoms. The molecule has 0 saturated carbocycles. The van der Waals surface area contributed by atoms with E-state index in [0.717, 1.165) is 16.7 Å². The molecule has 0 aliphatic carbocycles. The van der Waals surface area contributed by atoms with Gasteiger partial charge in [0.1, 0.15) is 11.3 Å². The molecule has 2 aromatic rings. The van der Waals surface area contributed by atoms with Crippen LogP contribution in [-0.4, -0.2) is 25.3 Å². The Morgan fingerprint density at radius 2 is 1.90 bits per heavy atom. The van der Waals surface area contributed by atoms with Crippen molar-refractivity contribution < 1.29 is 19.4 Å². The summed E-state index contributed by atoms with van der Waals surface area (Å²) in [6.45, 7) is -0.0349. The van der Waals surface area contributed by atoms with E-state index in [-0.39, 0.29) is 6.61 Å². The van der Waals surface area contributed by atoms with Crippen molar-refractivity contribution in [3.63, 3.8) is 0 Å². The van der Waals surface area contributed by atoms with Crippen molar-refractivity contribution in [1.29, 1.82) is 0 Å². The van der Waals surface area contributed by atoms with Crippen molar-refractivity contribution in [3.8, 4) is 16.9 Å². The van der Waals surface area contributed by atoms with Gasteiger partial charge in [0, 0.05) is 5.56 Å². The van der Waals surface area contributed by atoms with E-state index in [2.05, 4.69) is 0 Å². The molecule has 0 saturated heterocycles. The molecule has 2 aromatic carbocycles. The average Bonchev–Trinajstić information content (AvgIpc) is 2.53. The standard InChI is InChI=1S/C16H16O4/c1-19-15-13(7-4-8-14(15)16(18)20-2)12-6-3-5-11(9-12)10-17/h3-9,17H,10H2,1-2H3. The monoisotopic (exact) mass is 272 g/mol. The highest BCUT2D eigenvalue weighted by Gasteiger charge is 2.17. The van der Waals surface area contributed by atoms with E-state index in [0.29, 0.717) is 11.3 Å². The minimum absolute atomic E-state index is 0.0349. The third kappa shape index (κ3) is 2.65. The zero-order valence-corrected chi connectivity index (χ0v) is 11.4. The third-order valence-electron chi connectivity index (χ3n) is 3.05. The first-order chi connectivity index (χ1) is 9.71. The summed E-state index contributed by atoms with van der Waals surface area (Å²) in [4.78, 5) is 11.8. The van der Waals surface area contributed by atoms with Crippen LogP contribution in [0.15, 0.2) is 42.5 Å². The number of benzene rings is 2. The van der Waals surface area contributed by atoms with E-state index in [1.54, 1.807) is 12.1 Å². The molecule has 20 heavy (non-hydrogen) atoms. The largest absolute Gasteiger partial charge is 0.495 e. The lowest BCUT2D eigenvalue weighted by Gasteiger charge is -2.13. The maximum Gasteiger partial charge on any atom is 0.341 e. The lowest BCUT2D eigenvalue weighted by atomic mass is 9.99. The fourth-order valence-electron chi connectivity index (χ4n) is 2.09. The van der Waals surface area contributed by atoms with Crippen LogP contribution in [0.2, 0.25) is 0 Å². The second kappa shape index (κ2) is 6.21. The number of carbonyl (C=O) groups is 1. The van der Waals surface area contributed by atoms with Crippen molar-refractivity contribution >= 4 is 5.97 Å². The number of methoxy groups -OCH3 is 2. The summed E-state index contributed by atoms with van der Waals surface area (Å²) in [5.74, 6) is 0.0245. The molecule has 0 aromatic heterocycles. The van der Waals surface area contributed by atoms with Crippen LogP contribution < -0.4 is 4.74 Å². The smallest absolute Gasteiger partial charge is 0.341 e. The van der Waals surface area contributed by atoms with Crippen LogP contribution in [0.3, 0.4) is 0 Å². The lowest BCUT2D eigenvalue weighted by Crippen LogP contribution is -2.05. The summed E-state index contributed by atoms with van der Waals surface area (Å²) in [5, 5.41) is 9.21. The van der Waals surface area contributed by atoms with Crippen LogP contribution in [0, 0.1) is 0 Å². The Morgan fingerprint density at radius 3 is 2.55 bits per heavy atom. The van der Waals surface area contributed by atoms with E-state index in [9.17, 15) is 9.90 Å². The van der Waals surface area contributed by atoms with Crippen LogP contribution in [0.1, 0.15) is 15.9 Å². The van der Waals surface area contributed by atoms with Gasteiger partial charge in [0.2, 0.25) is 0 Å². The van der Waals surface area contributed by atoms with Gasteiger partial charge in [0.05, 0.1) is 20.8 Å². The Balaban J connectivity index is 2.58. The number of carbonyl (C=O) groups excluding carboxylic acids is 1. The van der Waals surface area contributed by atoms with Gasteiger partial charge < -0.3 is 14.6 Å². The molecule has 0 heterocycles. The van der Waals surface area contributed by atoms with Gasteiger partial charge in [-0.25, -0.2) is 4.79 Å². The second-order valence-corrected chi connectivity index (χ2v) is 4.24. The van der Waals surface area contributed by atoms with Gasteiger partial charge in [-0.05, 0) is 23.3 Å². The summed E-state index contributed by atoms with van der Waals surface area (Å²) < 4.78 is 10.1. The van der Waals surface area contributed by atoms with Crippen LogP contribution in [0.5, 0.6) is 5.75 Å². The summed E-state index contributed by atoms with van der Waals surface area (Å²) >= 11 is 0. The van der Waals surface area contributed by atoms with Crippen LogP contribution in [0.4, 0.5) is 0 Å². The van der Waals surface area contributed by atoms with Gasteiger partial charge >= 0.3 is 5.97 Å². The molecular weight excluding hydrogens is 256 g/mol. The zero-order valence-electron chi connectivity index (χ0n) is 11.4. The normalized spacial score (nSPS) is 10.2. The number of hydrogen-bond donors (Lipinski definition) is 1. The van der Waals surface area contributed by atoms with Crippen molar-refractivity contribution in [1.82, 2.24) is 0 Å². The molecule has 0 radical (unpaired) electrons. The third-order valence-corrected chi connectivity index (χ3v) is 3.05. The molecule has 0 aliphatic heterocycles.